The monoisotopic (exact) mass is 235 g/mol. The minimum atomic E-state index is 0.508. The highest BCUT2D eigenvalue weighted by Gasteiger charge is 2.19. The fraction of sp³-hybridized carbons (Fsp3) is 0.667. The molecule has 1 aromatic rings. The van der Waals surface area contributed by atoms with Gasteiger partial charge in [0.05, 0.1) is 0 Å². The lowest BCUT2D eigenvalue weighted by Gasteiger charge is -2.14. The number of rotatable bonds is 5. The van der Waals surface area contributed by atoms with E-state index in [1.54, 1.807) is 6.20 Å². The van der Waals surface area contributed by atoms with Crippen molar-refractivity contribution in [1.29, 1.82) is 0 Å². The van der Waals surface area contributed by atoms with Crippen LogP contribution in [0.25, 0.3) is 0 Å². The minimum Gasteiger partial charge on any atom is -0.366 e. The number of hydrogen-bond acceptors (Lipinski definition) is 5. The molecule has 0 aromatic carbocycles. The third-order valence-electron chi connectivity index (χ3n) is 2.93. The van der Waals surface area contributed by atoms with Crippen LogP contribution in [0.4, 0.5) is 11.8 Å². The molecule has 0 amide bonds. The molecule has 1 aliphatic rings. The summed E-state index contributed by atoms with van der Waals surface area (Å²) in [5.74, 6) is 1.63. The number of nitrogens with one attached hydrogen (secondary N) is 2. The highest BCUT2D eigenvalue weighted by atomic mass is 15.2. The van der Waals surface area contributed by atoms with Crippen molar-refractivity contribution in [2.45, 2.75) is 25.8 Å². The summed E-state index contributed by atoms with van der Waals surface area (Å²) < 4.78 is 0. The highest BCUT2D eigenvalue weighted by molar-refractivity contribution is 5.40. The lowest BCUT2D eigenvalue weighted by atomic mass is 10.2. The van der Waals surface area contributed by atoms with Gasteiger partial charge in [-0.3, -0.25) is 0 Å². The first-order valence-corrected chi connectivity index (χ1v) is 6.30. The van der Waals surface area contributed by atoms with E-state index in [-0.39, 0.29) is 0 Å². The van der Waals surface area contributed by atoms with Crippen LogP contribution in [0.3, 0.4) is 0 Å². The molecule has 1 fully saturated rings. The molecule has 2 heterocycles. The van der Waals surface area contributed by atoms with Gasteiger partial charge in [-0.25, -0.2) is 4.98 Å². The summed E-state index contributed by atoms with van der Waals surface area (Å²) in [5, 5.41) is 6.65. The molecule has 2 N–H and O–H groups in total. The van der Waals surface area contributed by atoms with E-state index in [1.807, 2.05) is 6.07 Å². The fourth-order valence-corrected chi connectivity index (χ4v) is 2.02. The quantitative estimate of drug-likeness (QED) is 0.808. The predicted octanol–water partition coefficient (Wildman–Crippen LogP) is 1.41. The maximum atomic E-state index is 4.45. The Balaban J connectivity index is 1.91. The van der Waals surface area contributed by atoms with Gasteiger partial charge in [0.25, 0.3) is 0 Å². The summed E-state index contributed by atoms with van der Waals surface area (Å²) in [5.41, 5.74) is 0. The minimum absolute atomic E-state index is 0.508. The average Bonchev–Trinajstić information content (AvgIpc) is 2.73. The van der Waals surface area contributed by atoms with Crippen molar-refractivity contribution < 1.29 is 0 Å². The Morgan fingerprint density at radius 3 is 3.12 bits per heavy atom. The Labute approximate surface area is 103 Å². The van der Waals surface area contributed by atoms with Crippen LogP contribution in [-0.4, -0.2) is 47.6 Å². The largest absolute Gasteiger partial charge is 0.366 e. The van der Waals surface area contributed by atoms with Crippen molar-refractivity contribution in [2.24, 2.45) is 0 Å². The Morgan fingerprint density at radius 1 is 1.53 bits per heavy atom. The SMILES string of the molecule is CCCNc1nccc(NC2CCN(C)C2)n1. The van der Waals surface area contributed by atoms with Crippen LogP contribution >= 0.6 is 0 Å². The smallest absolute Gasteiger partial charge is 0.224 e. The molecule has 5 heteroatoms. The van der Waals surface area contributed by atoms with Crippen molar-refractivity contribution >= 4 is 11.8 Å². The molecular weight excluding hydrogens is 214 g/mol. The molecule has 0 radical (unpaired) electrons. The van der Waals surface area contributed by atoms with Gasteiger partial charge >= 0.3 is 0 Å². The second-order valence-corrected chi connectivity index (χ2v) is 4.58. The molecule has 0 bridgehead atoms. The van der Waals surface area contributed by atoms with E-state index in [9.17, 15) is 0 Å². The number of likely N-dealkylation sites (tertiary alicyclic amines) is 1. The molecule has 17 heavy (non-hydrogen) atoms. The van der Waals surface area contributed by atoms with Crippen LogP contribution < -0.4 is 10.6 Å². The Kier molecular flexibility index (Phi) is 4.14. The fourth-order valence-electron chi connectivity index (χ4n) is 2.02. The van der Waals surface area contributed by atoms with E-state index in [2.05, 4.69) is 39.5 Å². The topological polar surface area (TPSA) is 53.1 Å². The van der Waals surface area contributed by atoms with Crippen LogP contribution in [0.2, 0.25) is 0 Å². The van der Waals surface area contributed by atoms with Gasteiger partial charge in [0.2, 0.25) is 5.95 Å². The van der Waals surface area contributed by atoms with Gasteiger partial charge in [-0.1, -0.05) is 6.92 Å². The van der Waals surface area contributed by atoms with Gasteiger partial charge < -0.3 is 15.5 Å². The number of likely N-dealkylation sites (N-methyl/N-ethyl adjacent to an activating group) is 1. The molecule has 0 aliphatic carbocycles. The number of anilines is 2. The van der Waals surface area contributed by atoms with Crippen LogP contribution in [0.5, 0.6) is 0 Å². The van der Waals surface area contributed by atoms with Crippen LogP contribution in [0.15, 0.2) is 12.3 Å². The third-order valence-corrected chi connectivity index (χ3v) is 2.93. The third kappa shape index (κ3) is 3.56. The Hall–Kier alpha value is -1.36. The summed E-state index contributed by atoms with van der Waals surface area (Å²) in [7, 11) is 2.15. The van der Waals surface area contributed by atoms with Gasteiger partial charge in [-0.2, -0.15) is 4.98 Å². The summed E-state index contributed by atoms with van der Waals surface area (Å²) in [6, 6.07) is 2.43. The molecule has 1 aliphatic heterocycles. The zero-order chi connectivity index (χ0) is 12.1. The second-order valence-electron chi connectivity index (χ2n) is 4.58. The van der Waals surface area contributed by atoms with Gasteiger partial charge in [0.1, 0.15) is 5.82 Å². The maximum absolute atomic E-state index is 4.45. The predicted molar refractivity (Wildman–Crippen MR) is 70.3 cm³/mol. The first-order chi connectivity index (χ1) is 8.28. The first kappa shape index (κ1) is 12.1. The summed E-state index contributed by atoms with van der Waals surface area (Å²) >= 11 is 0. The lowest BCUT2D eigenvalue weighted by Crippen LogP contribution is -2.24. The molecule has 1 saturated heterocycles. The van der Waals surface area contributed by atoms with Crippen molar-refractivity contribution in [2.75, 3.05) is 37.3 Å². The van der Waals surface area contributed by atoms with E-state index >= 15 is 0 Å². The Bertz CT molecular complexity index is 355. The molecule has 0 saturated carbocycles. The molecule has 1 aromatic heterocycles. The van der Waals surface area contributed by atoms with Crippen molar-refractivity contribution in [3.8, 4) is 0 Å². The zero-order valence-corrected chi connectivity index (χ0v) is 10.6. The van der Waals surface area contributed by atoms with E-state index in [1.165, 1.54) is 6.42 Å². The summed E-state index contributed by atoms with van der Waals surface area (Å²) in [6.07, 6.45) is 4.05. The first-order valence-electron chi connectivity index (χ1n) is 6.30. The number of hydrogen-bond donors (Lipinski definition) is 2. The normalized spacial score (nSPS) is 20.5. The van der Waals surface area contributed by atoms with Crippen molar-refractivity contribution in [3.63, 3.8) is 0 Å². The molecule has 1 unspecified atom stereocenters. The zero-order valence-electron chi connectivity index (χ0n) is 10.6. The van der Waals surface area contributed by atoms with Gasteiger partial charge in [0, 0.05) is 25.3 Å². The number of nitrogens with zero attached hydrogens (tertiary/aromatic N) is 3. The van der Waals surface area contributed by atoms with Gasteiger partial charge in [-0.05, 0) is 32.5 Å². The van der Waals surface area contributed by atoms with Gasteiger partial charge in [0.15, 0.2) is 0 Å². The molecular formula is C12H21N5. The lowest BCUT2D eigenvalue weighted by molar-refractivity contribution is 0.414. The van der Waals surface area contributed by atoms with Crippen LogP contribution in [-0.2, 0) is 0 Å². The second kappa shape index (κ2) is 5.82. The maximum Gasteiger partial charge on any atom is 0.224 e. The van der Waals surface area contributed by atoms with E-state index in [0.29, 0.717) is 12.0 Å². The van der Waals surface area contributed by atoms with E-state index < -0.39 is 0 Å². The standard InChI is InChI=1S/C12H21N5/c1-3-6-13-12-14-7-4-11(16-12)15-10-5-8-17(2)9-10/h4,7,10H,3,5-6,8-9H2,1-2H3,(H2,13,14,15,16). The molecule has 0 spiro atoms. The summed E-state index contributed by atoms with van der Waals surface area (Å²) in [4.78, 5) is 11.0. The highest BCUT2D eigenvalue weighted by Crippen LogP contribution is 2.13. The van der Waals surface area contributed by atoms with Crippen molar-refractivity contribution in [1.82, 2.24) is 14.9 Å². The van der Waals surface area contributed by atoms with E-state index in [0.717, 1.165) is 31.9 Å². The molecule has 5 nitrogen and oxygen atoms in total. The van der Waals surface area contributed by atoms with Gasteiger partial charge in [-0.15, -0.1) is 0 Å². The average molecular weight is 235 g/mol. The summed E-state index contributed by atoms with van der Waals surface area (Å²) in [6.45, 7) is 5.28. The molecule has 94 valence electrons. The molecule has 1 atom stereocenters. The van der Waals surface area contributed by atoms with Crippen molar-refractivity contribution in [3.05, 3.63) is 12.3 Å². The van der Waals surface area contributed by atoms with Crippen LogP contribution in [0, 0.1) is 0 Å². The van der Waals surface area contributed by atoms with E-state index in [4.69, 9.17) is 0 Å². The number of aromatic nitrogens is 2. The molecule has 2 rings (SSSR count). The van der Waals surface area contributed by atoms with Crippen LogP contribution in [0.1, 0.15) is 19.8 Å². The Morgan fingerprint density at radius 2 is 2.41 bits per heavy atom.